The van der Waals surface area contributed by atoms with Crippen molar-refractivity contribution in [3.8, 4) is 0 Å². The molecule has 0 saturated carbocycles. The molecule has 1 aliphatic carbocycles. The smallest absolute Gasteiger partial charge is 0.235 e. The Bertz CT molecular complexity index is 378. The summed E-state index contributed by atoms with van der Waals surface area (Å²) in [7, 11) is 0. The number of hydrogen-bond acceptors (Lipinski definition) is 3. The number of primary amides is 1. The van der Waals surface area contributed by atoms with Gasteiger partial charge < -0.3 is 11.5 Å². The lowest BCUT2D eigenvalue weighted by molar-refractivity contribution is -0.119. The van der Waals surface area contributed by atoms with Gasteiger partial charge in [0, 0.05) is 17.8 Å². The first-order valence-electron chi connectivity index (χ1n) is 5.19. The summed E-state index contributed by atoms with van der Waals surface area (Å²) in [6, 6.07) is 3.35. The third kappa shape index (κ3) is 1.85. The van der Waals surface area contributed by atoms with E-state index in [-0.39, 0.29) is 5.92 Å². The number of fused-ring (bicyclic) bond motifs is 1. The molecule has 1 aliphatic rings. The molecule has 1 heterocycles. The second-order valence-electron chi connectivity index (χ2n) is 3.97. The van der Waals surface area contributed by atoms with Crippen molar-refractivity contribution in [2.75, 3.05) is 0 Å². The van der Waals surface area contributed by atoms with Crippen molar-refractivity contribution in [2.24, 2.45) is 11.5 Å². The fourth-order valence-electron chi connectivity index (χ4n) is 2.19. The molecule has 4 heteroatoms. The molecule has 1 amide bonds. The average molecular weight is 205 g/mol. The van der Waals surface area contributed by atoms with Gasteiger partial charge >= 0.3 is 0 Å². The van der Waals surface area contributed by atoms with Crippen molar-refractivity contribution in [2.45, 2.75) is 31.2 Å². The Kier molecular flexibility index (Phi) is 2.68. The van der Waals surface area contributed by atoms with Crippen molar-refractivity contribution in [3.63, 3.8) is 0 Å². The van der Waals surface area contributed by atoms with Crippen LogP contribution in [0.4, 0.5) is 0 Å². The minimum atomic E-state index is -0.612. The first kappa shape index (κ1) is 10.1. The number of carbonyl (C=O) groups excluding carboxylic acids is 1. The van der Waals surface area contributed by atoms with E-state index >= 15 is 0 Å². The van der Waals surface area contributed by atoms with Crippen LogP contribution in [0.2, 0.25) is 0 Å². The Morgan fingerprint density at radius 1 is 1.60 bits per heavy atom. The standard InChI is InChI=1S/C11H15N3O/c12-9(11(13)15)8-5-1-3-7-4-2-6-14-10(7)8/h2,4,6,8-9H,1,3,5,12H2,(H2,13,15). The summed E-state index contributed by atoms with van der Waals surface area (Å²) in [5, 5.41) is 0. The second-order valence-corrected chi connectivity index (χ2v) is 3.97. The van der Waals surface area contributed by atoms with Crippen molar-refractivity contribution < 1.29 is 4.79 Å². The van der Waals surface area contributed by atoms with E-state index in [1.807, 2.05) is 12.1 Å². The molecule has 0 fully saturated rings. The molecule has 1 aromatic rings. The number of nitrogens with zero attached hydrogens (tertiary/aromatic N) is 1. The molecule has 80 valence electrons. The van der Waals surface area contributed by atoms with Crippen LogP contribution in [-0.2, 0) is 11.2 Å². The lowest BCUT2D eigenvalue weighted by atomic mass is 9.82. The van der Waals surface area contributed by atoms with Crippen LogP contribution in [-0.4, -0.2) is 16.9 Å². The van der Waals surface area contributed by atoms with E-state index in [2.05, 4.69) is 4.98 Å². The summed E-state index contributed by atoms with van der Waals surface area (Å²) in [6.45, 7) is 0. The quantitative estimate of drug-likeness (QED) is 0.729. The minimum Gasteiger partial charge on any atom is -0.368 e. The highest BCUT2D eigenvalue weighted by Gasteiger charge is 2.29. The summed E-state index contributed by atoms with van der Waals surface area (Å²) in [5.41, 5.74) is 13.2. The molecule has 0 spiro atoms. The first-order valence-corrected chi connectivity index (χ1v) is 5.19. The van der Waals surface area contributed by atoms with Crippen LogP contribution in [0.5, 0.6) is 0 Å². The zero-order valence-corrected chi connectivity index (χ0v) is 8.52. The molecule has 0 aliphatic heterocycles. The molecule has 0 radical (unpaired) electrons. The number of amides is 1. The highest BCUT2D eigenvalue weighted by Crippen LogP contribution is 2.31. The Balaban J connectivity index is 2.33. The van der Waals surface area contributed by atoms with Crippen LogP contribution < -0.4 is 11.5 Å². The van der Waals surface area contributed by atoms with Crippen molar-refractivity contribution in [3.05, 3.63) is 29.6 Å². The predicted molar refractivity (Wildman–Crippen MR) is 57.1 cm³/mol. The fraction of sp³-hybridized carbons (Fsp3) is 0.455. The Morgan fingerprint density at radius 2 is 2.40 bits per heavy atom. The van der Waals surface area contributed by atoms with Gasteiger partial charge in [-0.25, -0.2) is 0 Å². The molecule has 2 rings (SSSR count). The molecule has 2 unspecified atom stereocenters. The molecule has 15 heavy (non-hydrogen) atoms. The van der Waals surface area contributed by atoms with Crippen LogP contribution in [0.25, 0.3) is 0 Å². The number of nitrogens with two attached hydrogens (primary N) is 2. The van der Waals surface area contributed by atoms with E-state index in [4.69, 9.17) is 11.5 Å². The van der Waals surface area contributed by atoms with Gasteiger partial charge in [0.05, 0.1) is 6.04 Å². The molecular weight excluding hydrogens is 190 g/mol. The normalized spacial score (nSPS) is 21.8. The average Bonchev–Trinajstić information content (AvgIpc) is 2.27. The molecular formula is C11H15N3O. The predicted octanol–water partition coefficient (Wildman–Crippen LogP) is 0.314. The molecule has 4 nitrogen and oxygen atoms in total. The molecule has 1 aromatic heterocycles. The summed E-state index contributed by atoms with van der Waals surface area (Å²) in [6.07, 6.45) is 4.70. The van der Waals surface area contributed by atoms with E-state index in [9.17, 15) is 4.79 Å². The number of pyridine rings is 1. The van der Waals surface area contributed by atoms with Crippen LogP contribution in [0.15, 0.2) is 18.3 Å². The monoisotopic (exact) mass is 205 g/mol. The van der Waals surface area contributed by atoms with Gasteiger partial charge in [-0.15, -0.1) is 0 Å². The Morgan fingerprint density at radius 3 is 3.13 bits per heavy atom. The van der Waals surface area contributed by atoms with E-state index in [0.717, 1.165) is 25.0 Å². The van der Waals surface area contributed by atoms with E-state index in [1.54, 1.807) is 6.20 Å². The molecule has 4 N–H and O–H groups in total. The summed E-state index contributed by atoms with van der Waals surface area (Å²) < 4.78 is 0. The molecule has 2 atom stereocenters. The van der Waals surface area contributed by atoms with Gasteiger partial charge in [0.25, 0.3) is 0 Å². The zero-order chi connectivity index (χ0) is 10.8. The maximum Gasteiger partial charge on any atom is 0.235 e. The zero-order valence-electron chi connectivity index (χ0n) is 8.52. The number of rotatable bonds is 2. The number of carbonyl (C=O) groups is 1. The Labute approximate surface area is 88.7 Å². The summed E-state index contributed by atoms with van der Waals surface area (Å²) in [4.78, 5) is 15.4. The van der Waals surface area contributed by atoms with Gasteiger partial charge in [-0.3, -0.25) is 9.78 Å². The number of aryl methyl sites for hydroxylation is 1. The van der Waals surface area contributed by atoms with Crippen LogP contribution in [0, 0.1) is 0 Å². The highest BCUT2D eigenvalue weighted by atomic mass is 16.1. The molecule has 0 bridgehead atoms. The van der Waals surface area contributed by atoms with Crippen LogP contribution in [0.1, 0.15) is 30.0 Å². The molecule has 0 saturated heterocycles. The fourth-order valence-corrected chi connectivity index (χ4v) is 2.19. The van der Waals surface area contributed by atoms with Crippen molar-refractivity contribution >= 4 is 5.91 Å². The Hall–Kier alpha value is -1.42. The van der Waals surface area contributed by atoms with Gasteiger partial charge in [-0.1, -0.05) is 6.07 Å². The number of hydrogen-bond donors (Lipinski definition) is 2. The van der Waals surface area contributed by atoms with Gasteiger partial charge in [0.2, 0.25) is 5.91 Å². The lowest BCUT2D eigenvalue weighted by Crippen LogP contribution is -2.42. The van der Waals surface area contributed by atoms with Gasteiger partial charge in [0.15, 0.2) is 0 Å². The highest BCUT2D eigenvalue weighted by molar-refractivity contribution is 5.80. The van der Waals surface area contributed by atoms with E-state index in [0.29, 0.717) is 0 Å². The number of aromatic nitrogens is 1. The van der Waals surface area contributed by atoms with Gasteiger partial charge in [-0.2, -0.15) is 0 Å². The van der Waals surface area contributed by atoms with Crippen LogP contribution in [0.3, 0.4) is 0 Å². The second kappa shape index (κ2) is 3.98. The van der Waals surface area contributed by atoms with E-state index in [1.165, 1.54) is 5.56 Å². The third-order valence-electron chi connectivity index (χ3n) is 3.00. The minimum absolute atomic E-state index is 0.00699. The topological polar surface area (TPSA) is 82.0 Å². The maximum atomic E-state index is 11.1. The van der Waals surface area contributed by atoms with Gasteiger partial charge in [-0.05, 0) is 30.9 Å². The maximum absolute atomic E-state index is 11.1. The van der Waals surface area contributed by atoms with Crippen LogP contribution >= 0.6 is 0 Å². The SMILES string of the molecule is NC(=O)C(N)C1CCCc2cccnc21. The van der Waals surface area contributed by atoms with Gasteiger partial charge in [0.1, 0.15) is 0 Å². The molecule has 0 aromatic carbocycles. The van der Waals surface area contributed by atoms with Crippen molar-refractivity contribution in [1.29, 1.82) is 0 Å². The van der Waals surface area contributed by atoms with E-state index < -0.39 is 11.9 Å². The summed E-state index contributed by atoms with van der Waals surface area (Å²) in [5.74, 6) is -0.453. The third-order valence-corrected chi connectivity index (χ3v) is 3.00. The van der Waals surface area contributed by atoms with Crippen molar-refractivity contribution in [1.82, 2.24) is 4.98 Å². The first-order chi connectivity index (χ1) is 7.20. The largest absolute Gasteiger partial charge is 0.368 e. The summed E-state index contributed by atoms with van der Waals surface area (Å²) >= 11 is 0. The lowest BCUT2D eigenvalue weighted by Gasteiger charge is -2.27.